The zero-order valence-corrected chi connectivity index (χ0v) is 37.9. The molecule has 0 aliphatic carbocycles. The summed E-state index contributed by atoms with van der Waals surface area (Å²) in [5, 5.41) is 45.9. The maximum absolute atomic E-state index is 14.2. The minimum absolute atomic E-state index is 0.00565. The molecule has 67 heavy (non-hydrogen) atoms. The van der Waals surface area contributed by atoms with Gasteiger partial charge in [-0.1, -0.05) is 50.2 Å². The summed E-state index contributed by atoms with van der Waals surface area (Å²) in [4.78, 5) is 124. The zero-order chi connectivity index (χ0) is 49.5. The number of nitrogens with one attached hydrogen (secondary N) is 8. The van der Waals surface area contributed by atoms with Gasteiger partial charge in [-0.15, -0.1) is 0 Å². The van der Waals surface area contributed by atoms with E-state index >= 15 is 0 Å². The highest BCUT2D eigenvalue weighted by molar-refractivity contribution is 7.80. The van der Waals surface area contributed by atoms with Crippen LogP contribution in [-0.2, 0) is 56.0 Å². The largest absolute Gasteiger partial charge is 0.481 e. The summed E-state index contributed by atoms with van der Waals surface area (Å²) in [5.41, 5.74) is 13.7. The summed E-state index contributed by atoms with van der Waals surface area (Å²) in [6.07, 6.45) is -0.182. The number of hydrogen-bond donors (Lipinski definition) is 14. The van der Waals surface area contributed by atoms with Crippen LogP contribution >= 0.6 is 12.6 Å². The number of rotatable bonds is 26. The van der Waals surface area contributed by atoms with Gasteiger partial charge in [-0.3, -0.25) is 38.4 Å². The number of nitrogens with two attached hydrogens (primary N) is 2. The first-order valence-electron chi connectivity index (χ1n) is 21.4. The molecule has 362 valence electrons. The Bertz CT molecular complexity index is 2440. The molecule has 15 N–H and O–H groups in total. The molecular formula is C44H58N10O12S. The minimum Gasteiger partial charge on any atom is -0.481 e. The van der Waals surface area contributed by atoms with Gasteiger partial charge in [0.25, 0.3) is 0 Å². The van der Waals surface area contributed by atoms with Gasteiger partial charge in [0.15, 0.2) is 0 Å². The van der Waals surface area contributed by atoms with Crippen LogP contribution < -0.4 is 43.4 Å². The summed E-state index contributed by atoms with van der Waals surface area (Å²) in [5.74, 6) is -9.86. The van der Waals surface area contributed by atoms with E-state index in [2.05, 4.69) is 54.5 Å². The third-order valence-electron chi connectivity index (χ3n) is 10.7. The number of para-hydroxylation sites is 2. The average molecular weight is 951 g/mol. The number of aliphatic hydroxyl groups excluding tert-OH is 1. The minimum atomic E-state index is -1.76. The number of carbonyl (C=O) groups excluding carboxylic acids is 7. The number of primary amides is 1. The Balaban J connectivity index is 1.62. The Labute approximate surface area is 389 Å². The number of benzene rings is 2. The van der Waals surface area contributed by atoms with Crippen LogP contribution in [0.4, 0.5) is 0 Å². The maximum atomic E-state index is 14.2. The SMILES string of the molecule is CC(C)C[C@H](NC(=O)[C@H](Cc1c[nH]c2ccccc12)NC(=O)[C@@H](N)CC(=O)O)C(=O)N[C@H](C(=O)N[C@@H](Cc1c[nH]c2ccccc12)C(=O)N[C@@H](CCC(N)=O)C(=O)N[C@@H](CS)C(=O)O)[C@@H](C)O. The molecule has 0 fully saturated rings. The van der Waals surface area contributed by atoms with Crippen molar-refractivity contribution in [3.63, 3.8) is 0 Å². The number of aromatic nitrogens is 2. The normalized spacial score (nSPS) is 14.9. The highest BCUT2D eigenvalue weighted by Crippen LogP contribution is 2.21. The molecule has 4 rings (SSSR count). The van der Waals surface area contributed by atoms with Crippen molar-refractivity contribution in [1.82, 2.24) is 41.9 Å². The first-order valence-corrected chi connectivity index (χ1v) is 22.0. The third kappa shape index (κ3) is 15.3. The Morgan fingerprint density at radius 3 is 1.54 bits per heavy atom. The fourth-order valence-corrected chi connectivity index (χ4v) is 7.45. The molecule has 0 spiro atoms. The lowest BCUT2D eigenvalue weighted by molar-refractivity contribution is -0.142. The molecule has 0 unspecified atom stereocenters. The molecule has 2 aromatic heterocycles. The maximum Gasteiger partial charge on any atom is 0.327 e. The summed E-state index contributed by atoms with van der Waals surface area (Å²) in [6.45, 7) is 4.71. The van der Waals surface area contributed by atoms with Crippen LogP contribution in [0.5, 0.6) is 0 Å². The lowest BCUT2D eigenvalue weighted by atomic mass is 9.99. The van der Waals surface area contributed by atoms with Gasteiger partial charge >= 0.3 is 11.9 Å². The number of aliphatic hydroxyl groups is 1. The van der Waals surface area contributed by atoms with Crippen molar-refractivity contribution in [3.05, 3.63) is 72.1 Å². The summed E-state index contributed by atoms with van der Waals surface area (Å²) in [6, 6.07) is 3.68. The fraction of sp³-hybridized carbons (Fsp3) is 0.432. The van der Waals surface area contributed by atoms with Crippen LogP contribution in [0.1, 0.15) is 57.6 Å². The molecule has 0 saturated carbocycles. The molecule has 7 amide bonds. The predicted octanol–water partition coefficient (Wildman–Crippen LogP) is -1.15. The van der Waals surface area contributed by atoms with E-state index in [1.54, 1.807) is 74.8 Å². The first kappa shape index (κ1) is 52.6. The highest BCUT2D eigenvalue weighted by Gasteiger charge is 2.36. The van der Waals surface area contributed by atoms with Gasteiger partial charge in [0.05, 0.1) is 18.6 Å². The van der Waals surface area contributed by atoms with E-state index < -0.39 is 115 Å². The Morgan fingerprint density at radius 2 is 1.07 bits per heavy atom. The van der Waals surface area contributed by atoms with Gasteiger partial charge < -0.3 is 68.7 Å². The number of hydrogen-bond acceptors (Lipinski definition) is 12. The number of fused-ring (bicyclic) bond motifs is 2. The quantitative estimate of drug-likeness (QED) is 0.0331. The number of carbonyl (C=O) groups is 9. The van der Waals surface area contributed by atoms with Crippen molar-refractivity contribution in [2.45, 2.75) is 108 Å². The number of amides is 7. The molecule has 0 bridgehead atoms. The number of thiol groups is 1. The molecule has 22 nitrogen and oxygen atoms in total. The van der Waals surface area contributed by atoms with E-state index in [0.717, 1.165) is 10.9 Å². The summed E-state index contributed by atoms with van der Waals surface area (Å²) < 4.78 is 0. The van der Waals surface area contributed by atoms with E-state index in [1.165, 1.54) is 6.92 Å². The first-order chi connectivity index (χ1) is 31.7. The molecule has 2 heterocycles. The van der Waals surface area contributed by atoms with E-state index in [9.17, 15) is 58.5 Å². The molecule has 8 atom stereocenters. The van der Waals surface area contributed by atoms with Crippen molar-refractivity contribution < 1.29 is 58.5 Å². The molecule has 0 aliphatic rings. The van der Waals surface area contributed by atoms with Crippen LogP contribution in [0, 0.1) is 5.92 Å². The second kappa shape index (κ2) is 24.5. The summed E-state index contributed by atoms with van der Waals surface area (Å²) in [7, 11) is 0. The monoisotopic (exact) mass is 950 g/mol. The van der Waals surface area contributed by atoms with Crippen LogP contribution in [0.3, 0.4) is 0 Å². The van der Waals surface area contributed by atoms with Crippen LogP contribution in [0.25, 0.3) is 21.8 Å². The Kier molecular flexibility index (Phi) is 19.3. The fourth-order valence-electron chi connectivity index (χ4n) is 7.20. The van der Waals surface area contributed by atoms with Gasteiger partial charge in [-0.25, -0.2) is 4.79 Å². The predicted molar refractivity (Wildman–Crippen MR) is 247 cm³/mol. The van der Waals surface area contributed by atoms with Crippen LogP contribution in [0.15, 0.2) is 60.9 Å². The zero-order valence-electron chi connectivity index (χ0n) is 37.0. The van der Waals surface area contributed by atoms with Gasteiger partial charge in [0.1, 0.15) is 36.3 Å². The van der Waals surface area contributed by atoms with Crippen LogP contribution in [0.2, 0.25) is 0 Å². The van der Waals surface area contributed by atoms with Gasteiger partial charge in [0.2, 0.25) is 41.4 Å². The van der Waals surface area contributed by atoms with Gasteiger partial charge in [0, 0.05) is 59.2 Å². The smallest absolute Gasteiger partial charge is 0.327 e. The number of aromatic amines is 2. The highest BCUT2D eigenvalue weighted by atomic mass is 32.1. The number of carboxylic acids is 2. The Morgan fingerprint density at radius 1 is 0.627 bits per heavy atom. The summed E-state index contributed by atoms with van der Waals surface area (Å²) >= 11 is 3.95. The van der Waals surface area contributed by atoms with Crippen LogP contribution in [-0.4, -0.2) is 133 Å². The topological polar surface area (TPSA) is 370 Å². The van der Waals surface area contributed by atoms with E-state index in [1.807, 2.05) is 0 Å². The molecule has 23 heteroatoms. The van der Waals surface area contributed by atoms with Gasteiger partial charge in [-0.2, -0.15) is 12.6 Å². The molecule has 0 radical (unpaired) electrons. The molecule has 0 aliphatic heterocycles. The van der Waals surface area contributed by atoms with Gasteiger partial charge in [-0.05, 0) is 48.9 Å². The number of carboxylic acid groups (broad SMARTS) is 2. The average Bonchev–Trinajstić information content (AvgIpc) is 3.87. The van der Waals surface area contributed by atoms with E-state index in [4.69, 9.17) is 11.5 Å². The van der Waals surface area contributed by atoms with Crippen molar-refractivity contribution in [3.8, 4) is 0 Å². The molecular weight excluding hydrogens is 893 g/mol. The Hall–Kier alpha value is -6.98. The standard InChI is InChI=1S/C44H58N10O12S/c1-21(2)14-31(51-41(62)32(50-38(59)27(45)17-36(57)58)15-23-18-47-28-10-6-4-8-25(23)28)42(63)54-37(22(3)55)43(64)52-33(16-24-19-48-29-11-7-5-9-26(24)29)40(61)49-30(12-13-35(46)56)39(60)53-34(20-67)44(65)66/h4-11,18-19,21-22,27,30-34,37,47-48,55,67H,12-17,20,45H2,1-3H3,(H2,46,56)(H,49,61)(H,50,59)(H,51,62)(H,52,64)(H,53,60)(H,54,63)(H,57,58)(H,65,66)/t22-,27+,30+,31+,32+,33+,34+,37+/m1/s1. The van der Waals surface area contributed by atoms with Crippen molar-refractivity contribution in [2.24, 2.45) is 17.4 Å². The lowest BCUT2D eigenvalue weighted by Crippen LogP contribution is -2.62. The van der Waals surface area contributed by atoms with E-state index in [0.29, 0.717) is 22.0 Å². The van der Waals surface area contributed by atoms with Crippen molar-refractivity contribution in [1.29, 1.82) is 0 Å². The second-order valence-corrected chi connectivity index (χ2v) is 16.9. The van der Waals surface area contributed by atoms with E-state index in [-0.39, 0.29) is 37.4 Å². The number of H-pyrrole nitrogens is 2. The van der Waals surface area contributed by atoms with Crippen molar-refractivity contribution in [2.75, 3.05) is 5.75 Å². The third-order valence-corrected chi connectivity index (χ3v) is 11.1. The number of aliphatic carboxylic acids is 2. The molecule has 4 aromatic rings. The lowest BCUT2D eigenvalue weighted by Gasteiger charge is -2.29. The second-order valence-electron chi connectivity index (χ2n) is 16.5. The molecule has 0 saturated heterocycles. The van der Waals surface area contributed by atoms with Crippen molar-refractivity contribution >= 4 is 87.7 Å². The molecule has 2 aromatic carbocycles.